The van der Waals surface area contributed by atoms with Gasteiger partial charge in [0.1, 0.15) is 17.0 Å². The molecular formula is C16H21N3OS. The van der Waals surface area contributed by atoms with Gasteiger partial charge in [-0.1, -0.05) is 48.0 Å². The fourth-order valence-corrected chi connectivity index (χ4v) is 2.93. The van der Waals surface area contributed by atoms with Gasteiger partial charge < -0.3 is 10.5 Å². The number of anilines is 1. The van der Waals surface area contributed by atoms with Crippen molar-refractivity contribution in [2.45, 2.75) is 38.0 Å². The highest BCUT2D eigenvalue weighted by molar-refractivity contribution is 7.98. The average molecular weight is 303 g/mol. The Bertz CT molecular complexity index is 596. The highest BCUT2D eigenvalue weighted by Crippen LogP contribution is 2.31. The zero-order valence-corrected chi connectivity index (χ0v) is 13.5. The van der Waals surface area contributed by atoms with Crippen molar-refractivity contribution >= 4 is 17.4 Å². The van der Waals surface area contributed by atoms with E-state index in [1.54, 1.807) is 11.8 Å². The summed E-state index contributed by atoms with van der Waals surface area (Å²) in [7, 11) is 0. The molecule has 0 aliphatic heterocycles. The van der Waals surface area contributed by atoms with Gasteiger partial charge in [-0.3, -0.25) is 0 Å². The van der Waals surface area contributed by atoms with Crippen LogP contribution in [0.5, 0.6) is 5.88 Å². The highest BCUT2D eigenvalue weighted by atomic mass is 32.2. The molecule has 0 fully saturated rings. The quantitative estimate of drug-likeness (QED) is 0.650. The fourth-order valence-electron chi connectivity index (χ4n) is 2.10. The van der Waals surface area contributed by atoms with Crippen LogP contribution in [0.25, 0.3) is 0 Å². The molecule has 0 unspecified atom stereocenters. The topological polar surface area (TPSA) is 61.0 Å². The number of nitrogen functional groups attached to an aromatic ring is 1. The van der Waals surface area contributed by atoms with Gasteiger partial charge in [-0.15, -0.1) is 0 Å². The molecule has 0 atom stereocenters. The predicted octanol–water partition coefficient (Wildman–Crippen LogP) is 3.76. The summed E-state index contributed by atoms with van der Waals surface area (Å²) in [5.41, 5.74) is 10.4. The van der Waals surface area contributed by atoms with Crippen LogP contribution in [0.15, 0.2) is 29.6 Å². The molecule has 0 aliphatic rings. The molecule has 0 spiro atoms. The van der Waals surface area contributed by atoms with Crippen molar-refractivity contribution in [2.75, 3.05) is 12.3 Å². The van der Waals surface area contributed by atoms with Crippen LogP contribution >= 0.6 is 11.8 Å². The van der Waals surface area contributed by atoms with Gasteiger partial charge in [0.05, 0.1) is 6.61 Å². The first-order valence-electron chi connectivity index (χ1n) is 7.03. The van der Waals surface area contributed by atoms with E-state index >= 15 is 0 Å². The van der Waals surface area contributed by atoms with Gasteiger partial charge in [0.25, 0.3) is 0 Å². The standard InChI is InChI=1S/C16H21N3OS/c1-4-5-20-15-14(17)16(19-10-18-15)21-9-13-7-11(2)6-12(3)8-13/h6-8,10H,4-5,9,17H2,1-3H3. The zero-order chi connectivity index (χ0) is 15.2. The first-order valence-corrected chi connectivity index (χ1v) is 8.02. The van der Waals surface area contributed by atoms with E-state index in [2.05, 4.69) is 42.0 Å². The van der Waals surface area contributed by atoms with E-state index in [4.69, 9.17) is 10.5 Å². The molecule has 2 rings (SSSR count). The van der Waals surface area contributed by atoms with Gasteiger partial charge in [0.15, 0.2) is 0 Å². The van der Waals surface area contributed by atoms with E-state index in [1.165, 1.54) is 23.0 Å². The van der Waals surface area contributed by atoms with Crippen molar-refractivity contribution in [3.8, 4) is 5.88 Å². The lowest BCUT2D eigenvalue weighted by Crippen LogP contribution is -2.03. The number of hydrogen-bond donors (Lipinski definition) is 1. The molecule has 0 amide bonds. The molecule has 0 aliphatic carbocycles. The number of nitrogens with zero attached hydrogens (tertiary/aromatic N) is 2. The van der Waals surface area contributed by atoms with Crippen LogP contribution < -0.4 is 10.5 Å². The second-order valence-corrected chi connectivity index (χ2v) is 5.99. The van der Waals surface area contributed by atoms with E-state index in [9.17, 15) is 0 Å². The van der Waals surface area contributed by atoms with Crippen molar-refractivity contribution in [2.24, 2.45) is 0 Å². The first-order chi connectivity index (χ1) is 10.1. The molecule has 1 aromatic carbocycles. The number of benzene rings is 1. The zero-order valence-electron chi connectivity index (χ0n) is 12.7. The summed E-state index contributed by atoms with van der Waals surface area (Å²) >= 11 is 1.61. The number of thioether (sulfide) groups is 1. The predicted molar refractivity (Wildman–Crippen MR) is 87.7 cm³/mol. The molecule has 5 heteroatoms. The molecule has 0 saturated heterocycles. The molecule has 2 N–H and O–H groups in total. The Balaban J connectivity index is 2.09. The third kappa shape index (κ3) is 4.36. The van der Waals surface area contributed by atoms with E-state index in [-0.39, 0.29) is 0 Å². The molecule has 4 nitrogen and oxygen atoms in total. The summed E-state index contributed by atoms with van der Waals surface area (Å²) in [6.07, 6.45) is 2.43. The molecule has 0 saturated carbocycles. The van der Waals surface area contributed by atoms with Crippen LogP contribution in [-0.4, -0.2) is 16.6 Å². The van der Waals surface area contributed by atoms with Gasteiger partial charge in [-0.2, -0.15) is 4.98 Å². The van der Waals surface area contributed by atoms with Gasteiger partial charge in [0.2, 0.25) is 5.88 Å². The number of aryl methyl sites for hydroxylation is 2. The molecular weight excluding hydrogens is 282 g/mol. The molecule has 0 bridgehead atoms. The van der Waals surface area contributed by atoms with E-state index in [0.717, 1.165) is 17.2 Å². The Labute approximate surface area is 130 Å². The van der Waals surface area contributed by atoms with E-state index in [1.807, 2.05) is 6.92 Å². The van der Waals surface area contributed by atoms with E-state index in [0.29, 0.717) is 18.2 Å². The molecule has 0 radical (unpaired) electrons. The van der Waals surface area contributed by atoms with E-state index < -0.39 is 0 Å². The third-order valence-corrected chi connectivity index (χ3v) is 3.99. The van der Waals surface area contributed by atoms with Crippen LogP contribution in [0.3, 0.4) is 0 Å². The van der Waals surface area contributed by atoms with Crippen LogP contribution in [0, 0.1) is 13.8 Å². The summed E-state index contributed by atoms with van der Waals surface area (Å²) in [5, 5.41) is 0.773. The maximum Gasteiger partial charge on any atom is 0.241 e. The monoisotopic (exact) mass is 303 g/mol. The number of hydrogen-bond acceptors (Lipinski definition) is 5. The summed E-state index contributed by atoms with van der Waals surface area (Å²) in [6, 6.07) is 6.54. The second kappa shape index (κ2) is 7.31. The Kier molecular flexibility index (Phi) is 5.44. The molecule has 1 aromatic heterocycles. The summed E-state index contributed by atoms with van der Waals surface area (Å²) < 4.78 is 5.53. The van der Waals surface area contributed by atoms with Crippen LogP contribution in [-0.2, 0) is 5.75 Å². The fraction of sp³-hybridized carbons (Fsp3) is 0.375. The second-order valence-electron chi connectivity index (χ2n) is 5.03. The summed E-state index contributed by atoms with van der Waals surface area (Å²) in [6.45, 7) is 6.88. The Morgan fingerprint density at radius 1 is 1.14 bits per heavy atom. The van der Waals surface area contributed by atoms with Crippen molar-refractivity contribution in [3.63, 3.8) is 0 Å². The average Bonchev–Trinajstić information content (AvgIpc) is 2.44. The Morgan fingerprint density at radius 3 is 2.52 bits per heavy atom. The minimum atomic E-state index is 0.481. The third-order valence-electron chi connectivity index (χ3n) is 2.91. The minimum absolute atomic E-state index is 0.481. The molecule has 21 heavy (non-hydrogen) atoms. The van der Waals surface area contributed by atoms with Gasteiger partial charge in [-0.25, -0.2) is 4.98 Å². The summed E-state index contributed by atoms with van der Waals surface area (Å²) in [5.74, 6) is 1.31. The lowest BCUT2D eigenvalue weighted by Gasteiger charge is -2.10. The van der Waals surface area contributed by atoms with Crippen molar-refractivity contribution < 1.29 is 4.74 Å². The number of aromatic nitrogens is 2. The van der Waals surface area contributed by atoms with Gasteiger partial charge >= 0.3 is 0 Å². The van der Waals surface area contributed by atoms with Crippen LogP contribution in [0.2, 0.25) is 0 Å². The Morgan fingerprint density at radius 2 is 1.86 bits per heavy atom. The van der Waals surface area contributed by atoms with Crippen LogP contribution in [0.4, 0.5) is 5.69 Å². The highest BCUT2D eigenvalue weighted by Gasteiger charge is 2.10. The number of nitrogens with two attached hydrogens (primary N) is 1. The summed E-state index contributed by atoms with van der Waals surface area (Å²) in [4.78, 5) is 8.34. The SMILES string of the molecule is CCCOc1ncnc(SCc2cc(C)cc(C)c2)c1N. The lowest BCUT2D eigenvalue weighted by atomic mass is 10.1. The molecule has 112 valence electrons. The molecule has 1 heterocycles. The molecule has 2 aromatic rings. The van der Waals surface area contributed by atoms with Crippen molar-refractivity contribution in [1.82, 2.24) is 9.97 Å². The van der Waals surface area contributed by atoms with Gasteiger partial charge in [0, 0.05) is 5.75 Å². The maximum atomic E-state index is 6.08. The normalized spacial score (nSPS) is 10.6. The number of ether oxygens (including phenoxy) is 1. The van der Waals surface area contributed by atoms with Crippen LogP contribution in [0.1, 0.15) is 30.0 Å². The maximum absolute atomic E-state index is 6.08. The van der Waals surface area contributed by atoms with Crippen molar-refractivity contribution in [3.05, 3.63) is 41.2 Å². The largest absolute Gasteiger partial charge is 0.476 e. The first kappa shape index (κ1) is 15.6. The smallest absolute Gasteiger partial charge is 0.241 e. The lowest BCUT2D eigenvalue weighted by molar-refractivity contribution is 0.305. The Hall–Kier alpha value is -1.75. The minimum Gasteiger partial charge on any atom is -0.476 e. The van der Waals surface area contributed by atoms with Crippen molar-refractivity contribution in [1.29, 1.82) is 0 Å². The number of rotatable bonds is 6. The van der Waals surface area contributed by atoms with Gasteiger partial charge in [-0.05, 0) is 25.8 Å².